The molecule has 1 aliphatic heterocycles. The molecule has 4 rings (SSSR count). The van der Waals surface area contributed by atoms with Crippen LogP contribution in [0.1, 0.15) is 38.8 Å². The van der Waals surface area contributed by atoms with Crippen molar-refractivity contribution in [3.8, 4) is 11.3 Å². The van der Waals surface area contributed by atoms with E-state index in [2.05, 4.69) is 29.8 Å². The maximum absolute atomic E-state index is 12.8. The van der Waals surface area contributed by atoms with Crippen molar-refractivity contribution in [2.45, 2.75) is 45.6 Å². The molecule has 1 aromatic carbocycles. The summed E-state index contributed by atoms with van der Waals surface area (Å²) in [6.07, 6.45) is 5.76. The number of thiazole rings is 1. The van der Waals surface area contributed by atoms with Gasteiger partial charge in [-0.05, 0) is 30.9 Å². The lowest BCUT2D eigenvalue weighted by Gasteiger charge is -2.26. The van der Waals surface area contributed by atoms with Crippen LogP contribution in [-0.4, -0.2) is 46.0 Å². The van der Waals surface area contributed by atoms with E-state index in [1.54, 1.807) is 11.3 Å². The second-order valence-electron chi connectivity index (χ2n) is 8.34. The first-order valence-electron chi connectivity index (χ1n) is 10.6. The van der Waals surface area contributed by atoms with Gasteiger partial charge in [-0.1, -0.05) is 37.6 Å². The van der Waals surface area contributed by atoms with E-state index in [0.29, 0.717) is 25.4 Å². The van der Waals surface area contributed by atoms with Crippen LogP contribution < -0.4 is 0 Å². The summed E-state index contributed by atoms with van der Waals surface area (Å²) in [5.41, 5.74) is 3.16. The van der Waals surface area contributed by atoms with E-state index in [9.17, 15) is 4.79 Å². The molecule has 1 unspecified atom stereocenters. The van der Waals surface area contributed by atoms with Crippen molar-refractivity contribution >= 4 is 33.8 Å². The van der Waals surface area contributed by atoms with Crippen molar-refractivity contribution in [3.05, 3.63) is 46.6 Å². The number of halogens is 1. The molecule has 1 atom stereocenters. The third-order valence-electron chi connectivity index (χ3n) is 5.44. The molecule has 0 radical (unpaired) electrons. The molecule has 30 heavy (non-hydrogen) atoms. The Hall–Kier alpha value is -1.89. The Morgan fingerprint density at radius 2 is 2.17 bits per heavy atom. The minimum absolute atomic E-state index is 0.174. The van der Waals surface area contributed by atoms with E-state index in [-0.39, 0.29) is 12.0 Å². The number of amides is 1. The second kappa shape index (κ2) is 9.50. The number of hydrogen-bond donors (Lipinski definition) is 0. The molecule has 0 saturated carbocycles. The predicted octanol–water partition coefficient (Wildman–Crippen LogP) is 5.31. The summed E-state index contributed by atoms with van der Waals surface area (Å²) in [6, 6.07) is 7.74. The molecule has 1 aliphatic rings. The van der Waals surface area contributed by atoms with Crippen LogP contribution in [0.3, 0.4) is 0 Å². The Balaban J connectivity index is 1.48. The Morgan fingerprint density at radius 3 is 2.87 bits per heavy atom. The Labute approximate surface area is 186 Å². The van der Waals surface area contributed by atoms with E-state index in [1.807, 2.05) is 29.2 Å². The molecule has 1 fully saturated rings. The zero-order valence-electron chi connectivity index (χ0n) is 17.5. The molecule has 160 valence electrons. The number of benzene rings is 1. The van der Waals surface area contributed by atoms with Crippen LogP contribution in [0.5, 0.6) is 0 Å². The van der Waals surface area contributed by atoms with Gasteiger partial charge in [-0.25, -0.2) is 4.98 Å². The van der Waals surface area contributed by atoms with E-state index in [0.717, 1.165) is 47.1 Å². The van der Waals surface area contributed by atoms with Gasteiger partial charge in [-0.3, -0.25) is 9.20 Å². The number of fused-ring (bicyclic) bond motifs is 1. The fourth-order valence-electron chi connectivity index (χ4n) is 3.85. The number of carbonyl (C=O) groups excluding carboxylic acids is 1. The number of imidazole rings is 1. The molecule has 0 aliphatic carbocycles. The van der Waals surface area contributed by atoms with Crippen LogP contribution in [-0.2, 0) is 16.0 Å². The van der Waals surface area contributed by atoms with Gasteiger partial charge in [0.2, 0.25) is 5.91 Å². The predicted molar refractivity (Wildman–Crippen MR) is 122 cm³/mol. The summed E-state index contributed by atoms with van der Waals surface area (Å²) in [6.45, 7) is 6.39. The Kier molecular flexibility index (Phi) is 6.76. The molecular weight excluding hydrogens is 418 g/mol. The lowest BCUT2D eigenvalue weighted by atomic mass is 10.1. The maximum Gasteiger partial charge on any atom is 0.222 e. The number of aromatic nitrogens is 2. The highest BCUT2D eigenvalue weighted by molar-refractivity contribution is 7.15. The highest BCUT2D eigenvalue weighted by Crippen LogP contribution is 2.25. The van der Waals surface area contributed by atoms with Gasteiger partial charge in [0, 0.05) is 60.4 Å². The third-order valence-corrected chi connectivity index (χ3v) is 6.59. The van der Waals surface area contributed by atoms with Crippen LogP contribution in [0.25, 0.3) is 16.2 Å². The first-order chi connectivity index (χ1) is 14.5. The lowest BCUT2D eigenvalue weighted by Crippen LogP contribution is -2.39. The van der Waals surface area contributed by atoms with Gasteiger partial charge >= 0.3 is 0 Å². The van der Waals surface area contributed by atoms with Crippen molar-refractivity contribution in [3.63, 3.8) is 0 Å². The number of nitrogens with zero attached hydrogens (tertiary/aromatic N) is 3. The van der Waals surface area contributed by atoms with Crippen LogP contribution in [0, 0.1) is 5.92 Å². The second-order valence-corrected chi connectivity index (χ2v) is 9.61. The lowest BCUT2D eigenvalue weighted by molar-refractivity contribution is -0.133. The smallest absolute Gasteiger partial charge is 0.222 e. The zero-order valence-corrected chi connectivity index (χ0v) is 19.1. The number of ether oxygens (including phenoxy) is 1. The summed E-state index contributed by atoms with van der Waals surface area (Å²) < 4.78 is 7.93. The van der Waals surface area contributed by atoms with Crippen LogP contribution in [0.2, 0.25) is 5.02 Å². The van der Waals surface area contributed by atoms with Crippen LogP contribution >= 0.6 is 22.9 Å². The molecule has 0 bridgehead atoms. The van der Waals surface area contributed by atoms with Crippen molar-refractivity contribution in [1.82, 2.24) is 14.3 Å². The Bertz CT molecular complexity index is 990. The van der Waals surface area contributed by atoms with E-state index in [4.69, 9.17) is 21.3 Å². The average molecular weight is 446 g/mol. The van der Waals surface area contributed by atoms with Gasteiger partial charge < -0.3 is 9.64 Å². The van der Waals surface area contributed by atoms with Crippen molar-refractivity contribution < 1.29 is 9.53 Å². The molecule has 2 aromatic heterocycles. The molecular formula is C23H28ClN3O2S. The monoisotopic (exact) mass is 445 g/mol. The largest absolute Gasteiger partial charge is 0.376 e. The number of rotatable bonds is 8. The molecule has 7 heteroatoms. The topological polar surface area (TPSA) is 46.8 Å². The molecule has 0 N–H and O–H groups in total. The molecule has 3 aromatic rings. The standard InChI is InChI=1S/C23H28ClN3O2S/c1-16(2)12-22(28)26(13-20-4-3-11-29-20)10-9-19-15-30-23-25-21(14-27(19)23)17-5-7-18(24)8-6-17/h5-8,14-16,20H,3-4,9-13H2,1-2H3. The van der Waals surface area contributed by atoms with Gasteiger partial charge in [0.25, 0.3) is 0 Å². The highest BCUT2D eigenvalue weighted by atomic mass is 35.5. The first-order valence-corrected chi connectivity index (χ1v) is 11.9. The van der Waals surface area contributed by atoms with E-state index < -0.39 is 0 Å². The fourth-order valence-corrected chi connectivity index (χ4v) is 4.88. The van der Waals surface area contributed by atoms with Gasteiger partial charge in [0.1, 0.15) is 0 Å². The van der Waals surface area contributed by atoms with E-state index in [1.165, 1.54) is 5.69 Å². The summed E-state index contributed by atoms with van der Waals surface area (Å²) in [4.78, 5) is 20.5. The zero-order chi connectivity index (χ0) is 21.1. The normalized spacial score (nSPS) is 16.6. The minimum atomic E-state index is 0.174. The minimum Gasteiger partial charge on any atom is -0.376 e. The third kappa shape index (κ3) is 5.05. The van der Waals surface area contributed by atoms with Crippen molar-refractivity contribution in [1.29, 1.82) is 0 Å². The first kappa shape index (κ1) is 21.3. The quantitative estimate of drug-likeness (QED) is 0.471. The molecule has 1 saturated heterocycles. The number of hydrogen-bond acceptors (Lipinski definition) is 4. The van der Waals surface area contributed by atoms with Crippen LogP contribution in [0.15, 0.2) is 35.8 Å². The molecule has 5 nitrogen and oxygen atoms in total. The van der Waals surface area contributed by atoms with Gasteiger partial charge in [0.15, 0.2) is 4.96 Å². The van der Waals surface area contributed by atoms with Crippen molar-refractivity contribution in [2.24, 2.45) is 5.92 Å². The van der Waals surface area contributed by atoms with E-state index >= 15 is 0 Å². The maximum atomic E-state index is 12.8. The summed E-state index contributed by atoms with van der Waals surface area (Å²) in [7, 11) is 0. The van der Waals surface area contributed by atoms with Crippen LogP contribution in [0.4, 0.5) is 0 Å². The highest BCUT2D eigenvalue weighted by Gasteiger charge is 2.23. The Morgan fingerprint density at radius 1 is 1.37 bits per heavy atom. The molecule has 0 spiro atoms. The van der Waals surface area contributed by atoms with Gasteiger partial charge in [-0.15, -0.1) is 11.3 Å². The van der Waals surface area contributed by atoms with Gasteiger partial charge in [0.05, 0.1) is 11.8 Å². The van der Waals surface area contributed by atoms with Crippen molar-refractivity contribution in [2.75, 3.05) is 19.7 Å². The molecule has 3 heterocycles. The van der Waals surface area contributed by atoms with Gasteiger partial charge in [-0.2, -0.15) is 0 Å². The number of carbonyl (C=O) groups is 1. The summed E-state index contributed by atoms with van der Waals surface area (Å²) >= 11 is 7.64. The average Bonchev–Trinajstić information content (AvgIpc) is 3.43. The molecule has 1 amide bonds. The SMILES string of the molecule is CC(C)CC(=O)N(CCc1csc2nc(-c3ccc(Cl)cc3)cn12)CC1CCCO1. The summed E-state index contributed by atoms with van der Waals surface area (Å²) in [5.74, 6) is 0.576. The fraction of sp³-hybridized carbons (Fsp3) is 0.478. The summed E-state index contributed by atoms with van der Waals surface area (Å²) in [5, 5.41) is 2.86.